The highest BCUT2D eigenvalue weighted by Gasteiger charge is 2.11. The van der Waals surface area contributed by atoms with Crippen molar-refractivity contribution in [2.24, 2.45) is 5.73 Å². The lowest BCUT2D eigenvalue weighted by Gasteiger charge is -2.08. The highest BCUT2D eigenvalue weighted by atomic mass is 15.1. The average molecular weight is 214 g/mol. The molecule has 0 bridgehead atoms. The first-order valence-electron chi connectivity index (χ1n) is 5.35. The van der Waals surface area contributed by atoms with Gasteiger partial charge in [0.2, 0.25) is 0 Å². The molecule has 1 atom stereocenters. The van der Waals surface area contributed by atoms with Gasteiger partial charge in [-0.25, -0.2) is 4.98 Å². The number of aromatic nitrogens is 2. The Bertz CT molecular complexity index is 535. The molecular formula is C12H14N4. The Hall–Kier alpha value is -1.86. The standard InChI is InChI=1S/C12H14N4/c1-2-12-15-10-5-3-4-6-11(10)16(12)8-9(14)7-13/h3-6,9H,2,8,14H2,1H3. The summed E-state index contributed by atoms with van der Waals surface area (Å²) in [6, 6.07) is 9.48. The topological polar surface area (TPSA) is 67.6 Å². The van der Waals surface area contributed by atoms with Crippen LogP contribution in [0.1, 0.15) is 12.7 Å². The van der Waals surface area contributed by atoms with Gasteiger partial charge in [0.25, 0.3) is 0 Å². The number of nitrogens with two attached hydrogens (primary N) is 1. The van der Waals surface area contributed by atoms with Gasteiger partial charge < -0.3 is 10.3 Å². The summed E-state index contributed by atoms with van der Waals surface area (Å²) in [6.45, 7) is 2.55. The Labute approximate surface area is 94.3 Å². The van der Waals surface area contributed by atoms with Crippen LogP contribution >= 0.6 is 0 Å². The van der Waals surface area contributed by atoms with Crippen molar-refractivity contribution in [3.05, 3.63) is 30.1 Å². The molecule has 0 amide bonds. The summed E-state index contributed by atoms with van der Waals surface area (Å²) in [5.41, 5.74) is 7.68. The minimum absolute atomic E-state index is 0.483. The SMILES string of the molecule is CCc1nc2ccccc2n1CC(N)C#N. The first kappa shape index (κ1) is 10.7. The highest BCUT2D eigenvalue weighted by molar-refractivity contribution is 5.75. The summed E-state index contributed by atoms with van der Waals surface area (Å²) < 4.78 is 2.03. The van der Waals surface area contributed by atoms with Crippen molar-refractivity contribution in [3.8, 4) is 6.07 Å². The number of benzene rings is 1. The van der Waals surface area contributed by atoms with Crippen molar-refractivity contribution in [3.63, 3.8) is 0 Å². The number of imidazole rings is 1. The molecule has 0 radical (unpaired) electrons. The Morgan fingerprint density at radius 3 is 2.94 bits per heavy atom. The van der Waals surface area contributed by atoms with Gasteiger partial charge in [-0.2, -0.15) is 5.26 Å². The van der Waals surface area contributed by atoms with E-state index < -0.39 is 6.04 Å². The number of nitrogens with zero attached hydrogens (tertiary/aromatic N) is 3. The van der Waals surface area contributed by atoms with Gasteiger partial charge in [0.15, 0.2) is 0 Å². The Kier molecular flexibility index (Phi) is 2.88. The van der Waals surface area contributed by atoms with E-state index >= 15 is 0 Å². The molecule has 1 aromatic heterocycles. The van der Waals surface area contributed by atoms with Gasteiger partial charge in [-0.15, -0.1) is 0 Å². The maximum Gasteiger partial charge on any atom is 0.111 e. The molecule has 0 spiro atoms. The number of aryl methyl sites for hydroxylation is 1. The maximum atomic E-state index is 8.76. The monoisotopic (exact) mass is 214 g/mol. The van der Waals surface area contributed by atoms with E-state index in [9.17, 15) is 0 Å². The molecule has 0 saturated carbocycles. The fourth-order valence-corrected chi connectivity index (χ4v) is 1.84. The number of para-hydroxylation sites is 2. The Morgan fingerprint density at radius 2 is 2.25 bits per heavy atom. The summed E-state index contributed by atoms with van der Waals surface area (Å²) in [5.74, 6) is 0.979. The van der Waals surface area contributed by atoms with Crippen molar-refractivity contribution in [2.75, 3.05) is 0 Å². The zero-order valence-corrected chi connectivity index (χ0v) is 9.22. The van der Waals surface area contributed by atoms with Gasteiger partial charge >= 0.3 is 0 Å². The fourth-order valence-electron chi connectivity index (χ4n) is 1.84. The van der Waals surface area contributed by atoms with E-state index in [0.29, 0.717) is 6.54 Å². The smallest absolute Gasteiger partial charge is 0.111 e. The summed E-state index contributed by atoms with van der Waals surface area (Å²) in [5, 5.41) is 8.76. The van der Waals surface area contributed by atoms with E-state index in [-0.39, 0.29) is 0 Å². The number of rotatable bonds is 3. The first-order chi connectivity index (χ1) is 7.76. The highest BCUT2D eigenvalue weighted by Crippen LogP contribution is 2.16. The van der Waals surface area contributed by atoms with Crippen molar-refractivity contribution < 1.29 is 0 Å². The fraction of sp³-hybridized carbons (Fsp3) is 0.333. The molecule has 4 heteroatoms. The minimum atomic E-state index is -0.483. The van der Waals surface area contributed by atoms with Crippen LogP contribution in [0, 0.1) is 11.3 Å². The Morgan fingerprint density at radius 1 is 1.50 bits per heavy atom. The van der Waals surface area contributed by atoms with E-state index in [4.69, 9.17) is 11.0 Å². The van der Waals surface area contributed by atoms with Gasteiger partial charge in [0.1, 0.15) is 11.9 Å². The molecule has 1 aromatic carbocycles. The molecule has 0 aliphatic carbocycles. The lowest BCUT2D eigenvalue weighted by molar-refractivity contribution is 0.624. The molecule has 0 aliphatic heterocycles. The second-order valence-corrected chi connectivity index (χ2v) is 3.72. The van der Waals surface area contributed by atoms with E-state index in [1.165, 1.54) is 0 Å². The predicted molar refractivity (Wildman–Crippen MR) is 62.7 cm³/mol. The van der Waals surface area contributed by atoms with Crippen LogP contribution in [0.3, 0.4) is 0 Å². The third kappa shape index (κ3) is 1.77. The average Bonchev–Trinajstić information content (AvgIpc) is 2.67. The quantitative estimate of drug-likeness (QED) is 0.840. The van der Waals surface area contributed by atoms with Gasteiger partial charge in [-0.3, -0.25) is 0 Å². The largest absolute Gasteiger partial charge is 0.325 e. The lowest BCUT2D eigenvalue weighted by atomic mass is 10.3. The zero-order valence-electron chi connectivity index (χ0n) is 9.22. The summed E-state index contributed by atoms with van der Waals surface area (Å²) >= 11 is 0. The number of hydrogen-bond donors (Lipinski definition) is 1. The molecule has 1 heterocycles. The molecule has 0 saturated heterocycles. The molecule has 2 rings (SSSR count). The number of hydrogen-bond acceptors (Lipinski definition) is 3. The Balaban J connectivity index is 2.52. The zero-order chi connectivity index (χ0) is 11.5. The number of fused-ring (bicyclic) bond motifs is 1. The third-order valence-electron chi connectivity index (χ3n) is 2.59. The second-order valence-electron chi connectivity index (χ2n) is 3.72. The third-order valence-corrected chi connectivity index (χ3v) is 2.59. The maximum absolute atomic E-state index is 8.76. The van der Waals surface area contributed by atoms with Crippen LogP contribution in [0.4, 0.5) is 0 Å². The first-order valence-corrected chi connectivity index (χ1v) is 5.35. The number of nitriles is 1. The molecule has 0 aliphatic rings. The summed E-state index contributed by atoms with van der Waals surface area (Å²) in [6.07, 6.45) is 0.840. The van der Waals surface area contributed by atoms with Gasteiger partial charge in [-0.1, -0.05) is 19.1 Å². The van der Waals surface area contributed by atoms with Crippen LogP contribution in [0.5, 0.6) is 0 Å². The molecule has 2 aromatic rings. The van der Waals surface area contributed by atoms with E-state index in [1.807, 2.05) is 34.9 Å². The van der Waals surface area contributed by atoms with Crippen LogP contribution in [0.15, 0.2) is 24.3 Å². The van der Waals surface area contributed by atoms with Crippen LogP contribution in [-0.4, -0.2) is 15.6 Å². The van der Waals surface area contributed by atoms with E-state index in [0.717, 1.165) is 23.3 Å². The van der Waals surface area contributed by atoms with Crippen LogP contribution < -0.4 is 5.73 Å². The van der Waals surface area contributed by atoms with Crippen molar-refractivity contribution >= 4 is 11.0 Å². The second kappa shape index (κ2) is 4.33. The van der Waals surface area contributed by atoms with E-state index in [1.54, 1.807) is 0 Å². The van der Waals surface area contributed by atoms with Crippen LogP contribution in [0.2, 0.25) is 0 Å². The van der Waals surface area contributed by atoms with Gasteiger partial charge in [-0.05, 0) is 12.1 Å². The lowest BCUT2D eigenvalue weighted by Crippen LogP contribution is -2.25. The normalized spacial score (nSPS) is 12.6. The molecule has 16 heavy (non-hydrogen) atoms. The van der Waals surface area contributed by atoms with Crippen molar-refractivity contribution in [1.82, 2.24) is 9.55 Å². The molecule has 4 nitrogen and oxygen atoms in total. The molecule has 1 unspecified atom stereocenters. The van der Waals surface area contributed by atoms with Gasteiger partial charge in [0.05, 0.1) is 23.6 Å². The van der Waals surface area contributed by atoms with Crippen LogP contribution in [0.25, 0.3) is 11.0 Å². The van der Waals surface area contributed by atoms with Crippen LogP contribution in [-0.2, 0) is 13.0 Å². The van der Waals surface area contributed by atoms with E-state index in [2.05, 4.69) is 11.9 Å². The molecule has 2 N–H and O–H groups in total. The summed E-state index contributed by atoms with van der Waals surface area (Å²) in [7, 11) is 0. The molecular weight excluding hydrogens is 200 g/mol. The van der Waals surface area contributed by atoms with Crippen molar-refractivity contribution in [1.29, 1.82) is 5.26 Å². The minimum Gasteiger partial charge on any atom is -0.325 e. The van der Waals surface area contributed by atoms with Gasteiger partial charge in [0, 0.05) is 6.42 Å². The predicted octanol–water partition coefficient (Wildman–Crippen LogP) is 1.45. The van der Waals surface area contributed by atoms with Crippen molar-refractivity contribution in [2.45, 2.75) is 25.9 Å². The molecule has 82 valence electrons. The summed E-state index contributed by atoms with van der Waals surface area (Å²) in [4.78, 5) is 4.52. The molecule has 0 fully saturated rings.